The number of Topliss-reactive ketones (excluding diaryl/α,β-unsaturated/α-hetero) is 1. The van der Waals surface area contributed by atoms with E-state index < -0.39 is 23.4 Å². The van der Waals surface area contributed by atoms with E-state index in [2.05, 4.69) is 20.8 Å². The number of fused-ring (bicyclic) bond motifs is 5. The molecule has 0 amide bonds. The van der Waals surface area contributed by atoms with E-state index in [1.165, 1.54) is 0 Å². The zero-order chi connectivity index (χ0) is 21.3. The highest BCUT2D eigenvalue weighted by molar-refractivity contribution is 5.93. The van der Waals surface area contributed by atoms with E-state index in [-0.39, 0.29) is 35.4 Å². The first-order valence-electron chi connectivity index (χ1n) is 11.2. The summed E-state index contributed by atoms with van der Waals surface area (Å²) in [6, 6.07) is 0. The summed E-state index contributed by atoms with van der Waals surface area (Å²) < 4.78 is 0. The van der Waals surface area contributed by atoms with Crippen LogP contribution in [-0.2, 0) is 14.4 Å². The molecule has 0 aliphatic heterocycles. The molecule has 0 radical (unpaired) electrons. The Morgan fingerprint density at radius 3 is 2.48 bits per heavy atom. The lowest BCUT2D eigenvalue weighted by atomic mass is 9.42. The van der Waals surface area contributed by atoms with Crippen molar-refractivity contribution in [1.82, 2.24) is 0 Å². The summed E-state index contributed by atoms with van der Waals surface area (Å²) in [6.07, 6.45) is 5.21. The summed E-state index contributed by atoms with van der Waals surface area (Å²) in [5, 5.41) is 20.1. The highest BCUT2D eigenvalue weighted by Gasteiger charge is 2.63. The highest BCUT2D eigenvalue weighted by Crippen LogP contribution is 2.68. The van der Waals surface area contributed by atoms with Crippen molar-refractivity contribution < 1.29 is 24.6 Å². The van der Waals surface area contributed by atoms with E-state index in [0.29, 0.717) is 17.6 Å². The number of aliphatic carboxylic acids is 1. The van der Waals surface area contributed by atoms with Crippen molar-refractivity contribution >= 4 is 17.5 Å². The summed E-state index contributed by atoms with van der Waals surface area (Å²) >= 11 is 0. The van der Waals surface area contributed by atoms with Crippen LogP contribution in [0.4, 0.5) is 0 Å². The molecule has 5 heteroatoms. The van der Waals surface area contributed by atoms with E-state index in [9.17, 15) is 24.6 Å². The van der Waals surface area contributed by atoms with Gasteiger partial charge in [0.15, 0.2) is 11.9 Å². The molecule has 2 N–H and O–H groups in total. The number of carboxylic acids is 1. The van der Waals surface area contributed by atoms with Crippen LogP contribution in [0.1, 0.15) is 66.2 Å². The fraction of sp³-hybridized carbons (Fsp3) is 0.792. The van der Waals surface area contributed by atoms with Crippen LogP contribution in [0.3, 0.4) is 0 Å². The summed E-state index contributed by atoms with van der Waals surface area (Å²) in [5.74, 6) is -0.160. The Morgan fingerprint density at radius 2 is 1.86 bits per heavy atom. The third-order valence-corrected chi connectivity index (χ3v) is 9.62. The maximum absolute atomic E-state index is 12.4. The quantitative estimate of drug-likeness (QED) is 0.752. The van der Waals surface area contributed by atoms with E-state index in [0.717, 1.165) is 37.7 Å². The van der Waals surface area contributed by atoms with Gasteiger partial charge in [0.2, 0.25) is 0 Å². The van der Waals surface area contributed by atoms with Gasteiger partial charge < -0.3 is 10.2 Å². The number of carbonyl (C=O) groups is 3. The lowest BCUT2D eigenvalue weighted by molar-refractivity contribution is -0.160. The number of hydrogen-bond donors (Lipinski definition) is 2. The molecule has 160 valence electrons. The third kappa shape index (κ3) is 2.79. The van der Waals surface area contributed by atoms with Gasteiger partial charge in [0.1, 0.15) is 5.78 Å². The number of aliphatic hydroxyl groups is 1. The van der Waals surface area contributed by atoms with Crippen molar-refractivity contribution in [2.24, 2.45) is 46.3 Å². The zero-order valence-electron chi connectivity index (χ0n) is 18.0. The zero-order valence-corrected chi connectivity index (χ0v) is 18.0. The SMILES string of the molecule is CC(=O)[C@H]1CC[C@H]2[C@@H]3C[C@H](C)C4=CC(=O)CC(C(O)C(=O)O)[C@]4(C)[C@H]3CC[C@]12C. The van der Waals surface area contributed by atoms with Crippen molar-refractivity contribution in [2.45, 2.75) is 72.3 Å². The number of hydrogen-bond acceptors (Lipinski definition) is 4. The summed E-state index contributed by atoms with van der Waals surface area (Å²) in [4.78, 5) is 36.5. The molecular formula is C24H34O5. The Labute approximate surface area is 172 Å². The minimum atomic E-state index is -1.53. The number of ketones is 2. The number of carboxylic acid groups (broad SMARTS) is 1. The van der Waals surface area contributed by atoms with Gasteiger partial charge in [-0.05, 0) is 79.6 Å². The number of rotatable bonds is 3. The van der Waals surface area contributed by atoms with Crippen LogP contribution in [0.2, 0.25) is 0 Å². The Hall–Kier alpha value is -1.49. The normalized spacial score (nSPS) is 47.5. The molecule has 0 aromatic rings. The van der Waals surface area contributed by atoms with Crippen molar-refractivity contribution in [2.75, 3.05) is 0 Å². The molecule has 2 unspecified atom stereocenters. The molecule has 0 bridgehead atoms. The van der Waals surface area contributed by atoms with Crippen LogP contribution in [0, 0.1) is 46.3 Å². The Morgan fingerprint density at radius 1 is 1.17 bits per heavy atom. The largest absolute Gasteiger partial charge is 0.479 e. The van der Waals surface area contributed by atoms with Crippen LogP contribution in [0.25, 0.3) is 0 Å². The Balaban J connectivity index is 1.77. The molecular weight excluding hydrogens is 368 g/mol. The predicted molar refractivity (Wildman–Crippen MR) is 108 cm³/mol. The molecule has 29 heavy (non-hydrogen) atoms. The minimum absolute atomic E-state index is 0.0235. The molecule has 0 aromatic heterocycles. The molecule has 0 heterocycles. The number of aliphatic hydroxyl groups excluding tert-OH is 1. The van der Waals surface area contributed by atoms with Crippen LogP contribution in [0.15, 0.2) is 11.6 Å². The molecule has 4 aliphatic rings. The van der Waals surface area contributed by atoms with E-state index in [4.69, 9.17) is 0 Å². The lowest BCUT2D eigenvalue weighted by Crippen LogP contribution is -2.58. The maximum Gasteiger partial charge on any atom is 0.332 e. The topological polar surface area (TPSA) is 91.7 Å². The first-order valence-corrected chi connectivity index (χ1v) is 11.2. The van der Waals surface area contributed by atoms with Gasteiger partial charge in [-0.25, -0.2) is 4.79 Å². The standard InChI is InChI=1S/C24H34O5/c1-12-9-15-17-6-5-16(13(2)25)23(17,3)8-7-18(15)24(4)19(12)10-14(26)11-20(24)21(27)22(28)29/h10,12,15-18,20-21,27H,5-9,11H2,1-4H3,(H,28,29)/t12-,15-,16+,17-,18-,20?,21?,23+,24+/m0/s1. The molecule has 4 rings (SSSR count). The highest BCUT2D eigenvalue weighted by atomic mass is 16.4. The summed E-state index contributed by atoms with van der Waals surface area (Å²) in [6.45, 7) is 8.27. The molecule has 0 aromatic carbocycles. The first-order chi connectivity index (χ1) is 13.5. The van der Waals surface area contributed by atoms with Gasteiger partial charge in [0, 0.05) is 18.3 Å². The van der Waals surface area contributed by atoms with E-state index in [1.807, 2.05) is 0 Å². The Kier molecular flexibility index (Phi) is 4.84. The van der Waals surface area contributed by atoms with Gasteiger partial charge in [-0.1, -0.05) is 26.3 Å². The van der Waals surface area contributed by atoms with Gasteiger partial charge in [0.25, 0.3) is 0 Å². The maximum atomic E-state index is 12.4. The van der Waals surface area contributed by atoms with Crippen LogP contribution in [0.5, 0.6) is 0 Å². The van der Waals surface area contributed by atoms with Crippen LogP contribution < -0.4 is 0 Å². The van der Waals surface area contributed by atoms with Gasteiger partial charge in [-0.2, -0.15) is 0 Å². The van der Waals surface area contributed by atoms with Gasteiger partial charge in [-0.15, -0.1) is 0 Å². The molecule has 0 saturated heterocycles. The average molecular weight is 403 g/mol. The van der Waals surface area contributed by atoms with Gasteiger partial charge in [-0.3, -0.25) is 9.59 Å². The lowest BCUT2D eigenvalue weighted by Gasteiger charge is -2.61. The van der Waals surface area contributed by atoms with E-state index >= 15 is 0 Å². The summed E-state index contributed by atoms with van der Waals surface area (Å²) in [5.41, 5.74) is 0.587. The molecule has 4 aliphatic carbocycles. The predicted octanol–water partition coefficient (Wildman–Crippen LogP) is 3.64. The first kappa shape index (κ1) is 20.8. The van der Waals surface area contributed by atoms with E-state index in [1.54, 1.807) is 13.0 Å². The second kappa shape index (κ2) is 6.76. The molecule has 9 atom stereocenters. The van der Waals surface area contributed by atoms with Gasteiger partial charge in [0.05, 0.1) is 0 Å². The molecule has 3 saturated carbocycles. The molecule has 0 spiro atoms. The van der Waals surface area contributed by atoms with Crippen molar-refractivity contribution in [1.29, 1.82) is 0 Å². The minimum Gasteiger partial charge on any atom is -0.479 e. The number of allylic oxidation sites excluding steroid dienone is 1. The van der Waals surface area contributed by atoms with Gasteiger partial charge >= 0.3 is 5.97 Å². The van der Waals surface area contributed by atoms with Crippen LogP contribution in [-0.4, -0.2) is 33.9 Å². The molecule has 3 fully saturated rings. The second-order valence-electron chi connectivity index (χ2n) is 10.7. The fourth-order valence-corrected chi connectivity index (χ4v) is 8.37. The smallest absolute Gasteiger partial charge is 0.332 e. The fourth-order valence-electron chi connectivity index (χ4n) is 8.37. The van der Waals surface area contributed by atoms with Crippen molar-refractivity contribution in [3.05, 3.63) is 11.6 Å². The molecule has 5 nitrogen and oxygen atoms in total. The van der Waals surface area contributed by atoms with Crippen molar-refractivity contribution in [3.8, 4) is 0 Å². The monoisotopic (exact) mass is 402 g/mol. The Bertz CT molecular complexity index is 784. The average Bonchev–Trinajstić information content (AvgIpc) is 2.99. The summed E-state index contributed by atoms with van der Waals surface area (Å²) in [7, 11) is 0. The number of carbonyl (C=O) groups excluding carboxylic acids is 2. The third-order valence-electron chi connectivity index (χ3n) is 9.62. The second-order valence-corrected chi connectivity index (χ2v) is 10.7. The van der Waals surface area contributed by atoms with Crippen LogP contribution >= 0.6 is 0 Å². The van der Waals surface area contributed by atoms with Crippen molar-refractivity contribution in [3.63, 3.8) is 0 Å².